The first-order valence-corrected chi connectivity index (χ1v) is 12.5. The topological polar surface area (TPSA) is 111 Å². The fourth-order valence-electron chi connectivity index (χ4n) is 4.48. The molecule has 2 aromatic carbocycles. The lowest BCUT2D eigenvalue weighted by atomic mass is 10.1. The van der Waals surface area contributed by atoms with E-state index in [9.17, 15) is 19.7 Å². The minimum absolute atomic E-state index is 0.0464. The normalized spacial score (nSPS) is 15.6. The number of amides is 2. The number of nitrogens with zero attached hydrogens (tertiary/aromatic N) is 4. The van der Waals surface area contributed by atoms with Crippen LogP contribution in [0, 0.1) is 10.1 Å². The lowest BCUT2D eigenvalue weighted by molar-refractivity contribution is -0.384. The molecule has 2 aliphatic rings. The minimum atomic E-state index is -0.547. The van der Waals surface area contributed by atoms with E-state index in [-0.39, 0.29) is 22.3 Å². The Kier molecular flexibility index (Phi) is 7.90. The first-order valence-electron chi connectivity index (χ1n) is 11.7. The van der Waals surface area contributed by atoms with Crippen LogP contribution in [0.4, 0.5) is 22.7 Å². The van der Waals surface area contributed by atoms with E-state index in [1.165, 1.54) is 6.07 Å². The molecule has 2 fully saturated rings. The van der Waals surface area contributed by atoms with Crippen molar-refractivity contribution in [1.82, 2.24) is 10.2 Å². The highest BCUT2D eigenvalue weighted by Gasteiger charge is 2.24. The van der Waals surface area contributed by atoms with Gasteiger partial charge in [0.05, 0.1) is 15.6 Å². The molecule has 2 aliphatic heterocycles. The van der Waals surface area contributed by atoms with Crippen molar-refractivity contribution in [1.29, 1.82) is 0 Å². The van der Waals surface area contributed by atoms with E-state index < -0.39 is 10.8 Å². The summed E-state index contributed by atoms with van der Waals surface area (Å²) in [5.41, 5.74) is 2.01. The molecule has 2 saturated heterocycles. The lowest BCUT2D eigenvalue weighted by Crippen LogP contribution is -2.48. The van der Waals surface area contributed by atoms with Gasteiger partial charge in [0.2, 0.25) is 5.91 Å². The van der Waals surface area contributed by atoms with Crippen molar-refractivity contribution < 1.29 is 14.5 Å². The zero-order valence-corrected chi connectivity index (χ0v) is 21.4. The van der Waals surface area contributed by atoms with Crippen LogP contribution in [0.3, 0.4) is 0 Å². The molecule has 36 heavy (non-hydrogen) atoms. The summed E-state index contributed by atoms with van der Waals surface area (Å²) in [6, 6.07) is 9.83. The molecule has 2 N–H and O–H groups in total. The van der Waals surface area contributed by atoms with Crippen LogP contribution < -0.4 is 20.4 Å². The van der Waals surface area contributed by atoms with Gasteiger partial charge in [-0.25, -0.2) is 0 Å². The second-order valence-electron chi connectivity index (χ2n) is 8.72. The number of hydrogen-bond donors (Lipinski definition) is 2. The lowest BCUT2D eigenvalue weighted by Gasteiger charge is -2.36. The van der Waals surface area contributed by atoms with Gasteiger partial charge in [-0.15, -0.1) is 0 Å². The standard InChI is InChI=1S/C24H27ClN6O4S/c1-16(32)28-10-12-30(13-11-28)20-7-5-18(15-19(20)25)26-24(36)27-23(33)17-4-6-21(22(14-17)31(34)35)29-8-2-3-9-29/h4-7,14-15H,2-3,8-13H2,1H3,(H2,26,27,33,36). The largest absolute Gasteiger partial charge is 0.367 e. The predicted molar refractivity (Wildman–Crippen MR) is 144 cm³/mol. The van der Waals surface area contributed by atoms with Crippen molar-refractivity contribution in [2.24, 2.45) is 0 Å². The van der Waals surface area contributed by atoms with Crippen LogP contribution >= 0.6 is 23.8 Å². The molecule has 0 spiro atoms. The summed E-state index contributed by atoms with van der Waals surface area (Å²) >= 11 is 11.8. The summed E-state index contributed by atoms with van der Waals surface area (Å²) in [5.74, 6) is -0.484. The molecule has 12 heteroatoms. The zero-order valence-electron chi connectivity index (χ0n) is 19.8. The van der Waals surface area contributed by atoms with E-state index in [0.717, 1.165) is 31.6 Å². The quantitative estimate of drug-likeness (QED) is 0.342. The summed E-state index contributed by atoms with van der Waals surface area (Å²) < 4.78 is 0. The number of piperazine rings is 1. The second kappa shape index (κ2) is 11.1. The smallest absolute Gasteiger partial charge is 0.293 e. The Morgan fingerprint density at radius 2 is 1.61 bits per heavy atom. The van der Waals surface area contributed by atoms with Gasteiger partial charge in [0.15, 0.2) is 5.11 Å². The van der Waals surface area contributed by atoms with Crippen LogP contribution in [-0.2, 0) is 4.79 Å². The Balaban J connectivity index is 1.38. The predicted octanol–water partition coefficient (Wildman–Crippen LogP) is 3.64. The molecule has 10 nitrogen and oxygen atoms in total. The number of rotatable bonds is 5. The van der Waals surface area contributed by atoms with Crippen LogP contribution in [0.1, 0.15) is 30.1 Å². The molecule has 4 rings (SSSR count). The Labute approximate surface area is 219 Å². The summed E-state index contributed by atoms with van der Waals surface area (Å²) in [6.07, 6.45) is 1.97. The Hall–Kier alpha value is -3.44. The molecule has 0 unspecified atom stereocenters. The van der Waals surface area contributed by atoms with Gasteiger partial charge in [-0.2, -0.15) is 0 Å². The van der Waals surface area contributed by atoms with Gasteiger partial charge in [-0.3, -0.25) is 25.0 Å². The van der Waals surface area contributed by atoms with Crippen molar-refractivity contribution >= 4 is 63.5 Å². The second-order valence-corrected chi connectivity index (χ2v) is 9.54. The molecule has 0 radical (unpaired) electrons. The monoisotopic (exact) mass is 530 g/mol. The molecule has 0 aliphatic carbocycles. The van der Waals surface area contributed by atoms with Crippen molar-refractivity contribution in [3.05, 3.63) is 57.1 Å². The van der Waals surface area contributed by atoms with Crippen molar-refractivity contribution in [2.75, 3.05) is 54.4 Å². The number of nitro benzene ring substituents is 1. The molecule has 0 bridgehead atoms. The zero-order chi connectivity index (χ0) is 25.8. The van der Waals surface area contributed by atoms with Gasteiger partial charge >= 0.3 is 0 Å². The Morgan fingerprint density at radius 3 is 2.22 bits per heavy atom. The molecule has 0 aromatic heterocycles. The average Bonchev–Trinajstić information content (AvgIpc) is 3.38. The molecular weight excluding hydrogens is 504 g/mol. The van der Waals surface area contributed by atoms with Gasteiger partial charge in [0.1, 0.15) is 5.69 Å². The third-order valence-corrected chi connectivity index (χ3v) is 6.89. The van der Waals surface area contributed by atoms with Crippen LogP contribution in [-0.4, -0.2) is 66.0 Å². The minimum Gasteiger partial charge on any atom is -0.367 e. The third kappa shape index (κ3) is 5.85. The van der Waals surface area contributed by atoms with Crippen molar-refractivity contribution in [3.63, 3.8) is 0 Å². The summed E-state index contributed by atoms with van der Waals surface area (Å²) in [7, 11) is 0. The van der Waals surface area contributed by atoms with E-state index in [0.29, 0.717) is 42.6 Å². The van der Waals surface area contributed by atoms with Gasteiger partial charge in [0.25, 0.3) is 11.6 Å². The number of hydrogen-bond acceptors (Lipinski definition) is 7. The maximum absolute atomic E-state index is 12.7. The van der Waals surface area contributed by atoms with Gasteiger partial charge < -0.3 is 20.0 Å². The van der Waals surface area contributed by atoms with Gasteiger partial charge in [-0.05, 0) is 55.4 Å². The van der Waals surface area contributed by atoms with Crippen molar-refractivity contribution in [2.45, 2.75) is 19.8 Å². The highest BCUT2D eigenvalue weighted by molar-refractivity contribution is 7.80. The maximum Gasteiger partial charge on any atom is 0.293 e. The summed E-state index contributed by atoms with van der Waals surface area (Å²) in [5, 5.41) is 17.7. The number of nitro groups is 1. The number of anilines is 3. The molecule has 2 aromatic rings. The van der Waals surface area contributed by atoms with E-state index in [1.54, 1.807) is 36.1 Å². The number of nitrogens with one attached hydrogen (secondary N) is 2. The number of thiocarbonyl (C=S) groups is 1. The summed E-state index contributed by atoms with van der Waals surface area (Å²) in [4.78, 5) is 41.3. The van der Waals surface area contributed by atoms with Crippen LogP contribution in [0.25, 0.3) is 0 Å². The Morgan fingerprint density at radius 1 is 0.972 bits per heavy atom. The number of halogens is 1. The fourth-order valence-corrected chi connectivity index (χ4v) is 4.99. The molecule has 0 atom stereocenters. The first kappa shape index (κ1) is 25.6. The average molecular weight is 531 g/mol. The maximum atomic E-state index is 12.7. The van der Waals surface area contributed by atoms with Crippen LogP contribution in [0.15, 0.2) is 36.4 Å². The first-order chi connectivity index (χ1) is 17.2. The van der Waals surface area contributed by atoms with E-state index in [2.05, 4.69) is 15.5 Å². The highest BCUT2D eigenvalue weighted by atomic mass is 35.5. The molecule has 190 valence electrons. The number of benzene rings is 2. The van der Waals surface area contributed by atoms with E-state index >= 15 is 0 Å². The van der Waals surface area contributed by atoms with Crippen molar-refractivity contribution in [3.8, 4) is 0 Å². The number of carbonyl (C=O) groups excluding carboxylic acids is 2. The van der Waals surface area contributed by atoms with Gasteiger partial charge in [0, 0.05) is 63.5 Å². The van der Waals surface area contributed by atoms with E-state index in [4.69, 9.17) is 23.8 Å². The van der Waals surface area contributed by atoms with Crippen LogP contribution in [0.5, 0.6) is 0 Å². The van der Waals surface area contributed by atoms with Gasteiger partial charge in [-0.1, -0.05) is 11.6 Å². The molecule has 0 saturated carbocycles. The third-order valence-electron chi connectivity index (χ3n) is 6.38. The molecule has 2 amide bonds. The Bertz CT molecular complexity index is 1200. The fraction of sp³-hybridized carbons (Fsp3) is 0.375. The van der Waals surface area contributed by atoms with E-state index in [1.807, 2.05) is 11.0 Å². The van der Waals surface area contributed by atoms with Crippen LogP contribution in [0.2, 0.25) is 5.02 Å². The highest BCUT2D eigenvalue weighted by Crippen LogP contribution is 2.32. The molecule has 2 heterocycles. The SMILES string of the molecule is CC(=O)N1CCN(c2ccc(NC(=S)NC(=O)c3ccc(N4CCCC4)c([N+](=O)[O-])c3)cc2Cl)CC1. The summed E-state index contributed by atoms with van der Waals surface area (Å²) in [6.45, 7) is 5.73. The molecular formula is C24H27ClN6O4S. The number of carbonyl (C=O) groups is 2.